The summed E-state index contributed by atoms with van der Waals surface area (Å²) in [4.78, 5) is 12.4. The largest absolute Gasteiger partial charge is 0.481 e. The van der Waals surface area contributed by atoms with Crippen molar-refractivity contribution in [2.24, 2.45) is 11.0 Å². The van der Waals surface area contributed by atoms with E-state index in [-0.39, 0.29) is 12.3 Å². The number of hydrogen-bond acceptors (Lipinski definition) is 4. The van der Waals surface area contributed by atoms with Gasteiger partial charge in [-0.25, -0.2) is 0 Å². The molecule has 1 aromatic carbocycles. The Hall–Kier alpha value is -2.14. The molecule has 0 fully saturated rings. The van der Waals surface area contributed by atoms with Crippen molar-refractivity contribution < 1.29 is 9.90 Å². The number of thiophene rings is 1. The highest BCUT2D eigenvalue weighted by molar-refractivity contribution is 7.10. The van der Waals surface area contributed by atoms with Crippen LogP contribution in [-0.4, -0.2) is 16.8 Å². The van der Waals surface area contributed by atoms with E-state index < -0.39 is 5.97 Å². The molecule has 114 valence electrons. The standard InChI is InChI=1S/C17H18N2O2S/c1-11-2-5-13(6-3-11)18-19-17-12(10-16(20)21)4-7-15-14(17)8-9-22-15/h2-3,5-6,8-9,12,18H,4,7,10H2,1H3,(H,20,21)/b19-17+. The predicted octanol–water partition coefficient (Wildman–Crippen LogP) is 3.91. The number of aryl methyl sites for hydroxylation is 2. The maximum Gasteiger partial charge on any atom is 0.304 e. The molecule has 2 aromatic rings. The van der Waals surface area contributed by atoms with Crippen LogP contribution >= 0.6 is 11.3 Å². The molecule has 0 spiro atoms. The maximum absolute atomic E-state index is 11.1. The van der Waals surface area contributed by atoms with Crippen LogP contribution in [0.15, 0.2) is 40.8 Å². The number of carbonyl (C=O) groups is 1. The number of anilines is 1. The van der Waals surface area contributed by atoms with E-state index in [0.29, 0.717) is 0 Å². The van der Waals surface area contributed by atoms with Gasteiger partial charge in [0.2, 0.25) is 0 Å². The van der Waals surface area contributed by atoms with Gasteiger partial charge in [0.05, 0.1) is 17.8 Å². The lowest BCUT2D eigenvalue weighted by Crippen LogP contribution is -2.25. The van der Waals surface area contributed by atoms with E-state index in [1.165, 1.54) is 10.4 Å². The Bertz CT molecular complexity index is 704. The summed E-state index contributed by atoms with van der Waals surface area (Å²) in [6.45, 7) is 2.04. The second kappa shape index (κ2) is 6.32. The fraction of sp³-hybridized carbons (Fsp3) is 0.294. The van der Waals surface area contributed by atoms with Crippen molar-refractivity contribution >= 4 is 28.7 Å². The molecule has 4 nitrogen and oxygen atoms in total. The molecule has 1 aromatic heterocycles. The number of fused-ring (bicyclic) bond motifs is 1. The fourth-order valence-corrected chi connectivity index (χ4v) is 3.64. The molecule has 0 amide bonds. The number of rotatable bonds is 4. The van der Waals surface area contributed by atoms with Gasteiger partial charge in [-0.2, -0.15) is 5.10 Å². The van der Waals surface area contributed by atoms with E-state index in [0.717, 1.165) is 29.8 Å². The first kappa shape index (κ1) is 14.8. The predicted molar refractivity (Wildman–Crippen MR) is 89.7 cm³/mol. The Morgan fingerprint density at radius 2 is 2.14 bits per heavy atom. The monoisotopic (exact) mass is 314 g/mol. The summed E-state index contributed by atoms with van der Waals surface area (Å²) in [6, 6.07) is 10.0. The molecule has 0 saturated carbocycles. The summed E-state index contributed by atoms with van der Waals surface area (Å²) >= 11 is 1.72. The quantitative estimate of drug-likeness (QED) is 0.841. The molecule has 1 heterocycles. The minimum Gasteiger partial charge on any atom is -0.481 e. The highest BCUT2D eigenvalue weighted by Gasteiger charge is 2.28. The first-order chi connectivity index (χ1) is 10.6. The molecule has 1 unspecified atom stereocenters. The summed E-state index contributed by atoms with van der Waals surface area (Å²) in [5.41, 5.74) is 7.15. The molecule has 22 heavy (non-hydrogen) atoms. The molecule has 0 saturated heterocycles. The number of carboxylic acids is 1. The van der Waals surface area contributed by atoms with Crippen molar-refractivity contribution in [2.75, 3.05) is 5.43 Å². The number of nitrogens with zero attached hydrogens (tertiary/aromatic N) is 1. The Morgan fingerprint density at radius 1 is 1.36 bits per heavy atom. The van der Waals surface area contributed by atoms with Crippen LogP contribution in [-0.2, 0) is 11.2 Å². The molecule has 1 aliphatic carbocycles. The van der Waals surface area contributed by atoms with Gasteiger partial charge in [-0.1, -0.05) is 17.7 Å². The topological polar surface area (TPSA) is 61.7 Å². The third kappa shape index (κ3) is 3.20. The van der Waals surface area contributed by atoms with Crippen LogP contribution in [0.25, 0.3) is 0 Å². The van der Waals surface area contributed by atoms with E-state index in [2.05, 4.69) is 15.9 Å². The number of nitrogens with one attached hydrogen (secondary N) is 1. The molecular weight excluding hydrogens is 296 g/mol. The van der Waals surface area contributed by atoms with Crippen molar-refractivity contribution in [3.05, 3.63) is 51.7 Å². The SMILES string of the molecule is Cc1ccc(N/N=C2/c3ccsc3CCC2CC(=O)O)cc1. The van der Waals surface area contributed by atoms with E-state index in [9.17, 15) is 4.79 Å². The molecule has 1 atom stereocenters. The average Bonchev–Trinajstić information content (AvgIpc) is 2.96. The number of hydrogen-bond donors (Lipinski definition) is 2. The number of hydrazone groups is 1. The zero-order valence-electron chi connectivity index (χ0n) is 12.4. The lowest BCUT2D eigenvalue weighted by atomic mass is 9.84. The highest BCUT2D eigenvalue weighted by Crippen LogP contribution is 2.32. The van der Waals surface area contributed by atoms with Gasteiger partial charge in [0.25, 0.3) is 0 Å². The summed E-state index contributed by atoms with van der Waals surface area (Å²) in [7, 11) is 0. The number of aliphatic carboxylic acids is 1. The van der Waals surface area contributed by atoms with Crippen molar-refractivity contribution in [3.63, 3.8) is 0 Å². The van der Waals surface area contributed by atoms with Gasteiger partial charge in [0.1, 0.15) is 0 Å². The first-order valence-electron chi connectivity index (χ1n) is 7.32. The van der Waals surface area contributed by atoms with E-state index in [1.54, 1.807) is 11.3 Å². The lowest BCUT2D eigenvalue weighted by molar-refractivity contribution is -0.137. The molecule has 0 radical (unpaired) electrons. The molecule has 5 heteroatoms. The van der Waals surface area contributed by atoms with Crippen LogP contribution in [0.2, 0.25) is 0 Å². The second-order valence-electron chi connectivity index (χ2n) is 5.57. The van der Waals surface area contributed by atoms with Gasteiger partial charge in [-0.3, -0.25) is 10.2 Å². The van der Waals surface area contributed by atoms with Crippen molar-refractivity contribution in [3.8, 4) is 0 Å². The maximum atomic E-state index is 11.1. The van der Waals surface area contributed by atoms with Crippen molar-refractivity contribution in [2.45, 2.75) is 26.2 Å². The Kier molecular flexibility index (Phi) is 4.24. The summed E-state index contributed by atoms with van der Waals surface area (Å²) < 4.78 is 0. The summed E-state index contributed by atoms with van der Waals surface area (Å²) in [5.74, 6) is -0.802. The summed E-state index contributed by atoms with van der Waals surface area (Å²) in [5, 5.41) is 15.7. The van der Waals surface area contributed by atoms with Crippen LogP contribution < -0.4 is 5.43 Å². The average molecular weight is 314 g/mol. The first-order valence-corrected chi connectivity index (χ1v) is 8.20. The third-order valence-electron chi connectivity index (χ3n) is 3.91. The Labute approximate surface area is 133 Å². The van der Waals surface area contributed by atoms with Crippen molar-refractivity contribution in [1.29, 1.82) is 0 Å². The van der Waals surface area contributed by atoms with Crippen LogP contribution in [0.5, 0.6) is 0 Å². The number of carboxylic acid groups (broad SMARTS) is 1. The smallest absolute Gasteiger partial charge is 0.304 e. The van der Waals surface area contributed by atoms with Crippen molar-refractivity contribution in [1.82, 2.24) is 0 Å². The van der Waals surface area contributed by atoms with Gasteiger partial charge < -0.3 is 5.11 Å². The Balaban J connectivity index is 1.87. The third-order valence-corrected chi connectivity index (χ3v) is 4.89. The van der Waals surface area contributed by atoms with Crippen LogP contribution in [0, 0.1) is 12.8 Å². The van der Waals surface area contributed by atoms with E-state index >= 15 is 0 Å². The molecular formula is C17H18N2O2S. The minimum atomic E-state index is -0.772. The normalized spacial score (nSPS) is 19.0. The van der Waals surface area contributed by atoms with Gasteiger partial charge in [-0.05, 0) is 43.3 Å². The van der Waals surface area contributed by atoms with Crippen LogP contribution in [0.4, 0.5) is 5.69 Å². The van der Waals surface area contributed by atoms with E-state index in [4.69, 9.17) is 5.11 Å². The highest BCUT2D eigenvalue weighted by atomic mass is 32.1. The van der Waals surface area contributed by atoms with Crippen LogP contribution in [0.3, 0.4) is 0 Å². The Morgan fingerprint density at radius 3 is 2.86 bits per heavy atom. The zero-order chi connectivity index (χ0) is 15.5. The lowest BCUT2D eigenvalue weighted by Gasteiger charge is -2.23. The fourth-order valence-electron chi connectivity index (χ4n) is 2.74. The van der Waals surface area contributed by atoms with Gasteiger partial charge in [0.15, 0.2) is 0 Å². The minimum absolute atomic E-state index is 0.0300. The van der Waals surface area contributed by atoms with Gasteiger partial charge >= 0.3 is 5.97 Å². The number of benzene rings is 1. The second-order valence-corrected chi connectivity index (χ2v) is 6.57. The molecule has 0 aliphatic heterocycles. The molecule has 0 bridgehead atoms. The van der Waals surface area contributed by atoms with Gasteiger partial charge in [0, 0.05) is 16.4 Å². The molecule has 3 rings (SSSR count). The van der Waals surface area contributed by atoms with Gasteiger partial charge in [-0.15, -0.1) is 11.3 Å². The van der Waals surface area contributed by atoms with E-state index in [1.807, 2.05) is 37.3 Å². The molecule has 1 aliphatic rings. The van der Waals surface area contributed by atoms with Crippen LogP contribution in [0.1, 0.15) is 28.8 Å². The molecule has 2 N–H and O–H groups in total. The zero-order valence-corrected chi connectivity index (χ0v) is 13.2. The summed E-state index contributed by atoms with van der Waals surface area (Å²) in [6.07, 6.45) is 1.91.